The standard InChI is InChI=1S/C14H9NO6/c16-12(17)7-1-2-8(10(5-7)14(20)21)11-6-15-4-3-9(11)13(18)19/h1-6H,(H,16,17)(H,18,19)(H,20,21). The molecule has 21 heavy (non-hydrogen) atoms. The van der Waals surface area contributed by atoms with Crippen molar-refractivity contribution in [3.8, 4) is 11.1 Å². The molecule has 1 aromatic carbocycles. The zero-order chi connectivity index (χ0) is 15.6. The lowest BCUT2D eigenvalue weighted by Gasteiger charge is -2.09. The van der Waals surface area contributed by atoms with E-state index in [-0.39, 0.29) is 27.8 Å². The van der Waals surface area contributed by atoms with Crippen LogP contribution in [0.5, 0.6) is 0 Å². The molecule has 0 saturated carbocycles. The molecule has 0 spiro atoms. The van der Waals surface area contributed by atoms with Crippen LogP contribution in [0.3, 0.4) is 0 Å². The molecule has 0 aliphatic rings. The third-order valence-electron chi connectivity index (χ3n) is 2.84. The van der Waals surface area contributed by atoms with E-state index in [0.717, 1.165) is 6.07 Å². The fourth-order valence-electron chi connectivity index (χ4n) is 1.88. The van der Waals surface area contributed by atoms with Crippen molar-refractivity contribution >= 4 is 17.9 Å². The lowest BCUT2D eigenvalue weighted by Crippen LogP contribution is -2.07. The van der Waals surface area contributed by atoms with Crippen LogP contribution in [0.2, 0.25) is 0 Å². The Bertz CT molecular complexity index is 753. The summed E-state index contributed by atoms with van der Waals surface area (Å²) in [6, 6.07) is 4.70. The Kier molecular flexibility index (Phi) is 3.66. The number of benzene rings is 1. The van der Waals surface area contributed by atoms with Crippen LogP contribution in [0.25, 0.3) is 11.1 Å². The molecule has 2 aromatic rings. The average Bonchev–Trinajstić information content (AvgIpc) is 2.46. The molecule has 0 aliphatic carbocycles. The third-order valence-corrected chi connectivity index (χ3v) is 2.84. The van der Waals surface area contributed by atoms with Gasteiger partial charge in [-0.25, -0.2) is 14.4 Å². The van der Waals surface area contributed by atoms with Gasteiger partial charge in [-0.15, -0.1) is 0 Å². The van der Waals surface area contributed by atoms with E-state index in [1.807, 2.05) is 0 Å². The fraction of sp³-hybridized carbons (Fsp3) is 0. The van der Waals surface area contributed by atoms with Gasteiger partial charge in [-0.2, -0.15) is 0 Å². The summed E-state index contributed by atoms with van der Waals surface area (Å²) in [6.45, 7) is 0. The molecule has 0 aliphatic heterocycles. The minimum atomic E-state index is -1.35. The van der Waals surface area contributed by atoms with E-state index in [1.165, 1.54) is 30.6 Å². The van der Waals surface area contributed by atoms with E-state index >= 15 is 0 Å². The highest BCUT2D eigenvalue weighted by molar-refractivity contribution is 6.03. The molecule has 2 rings (SSSR count). The highest BCUT2D eigenvalue weighted by Gasteiger charge is 2.19. The number of aromatic carboxylic acids is 3. The largest absolute Gasteiger partial charge is 0.478 e. The van der Waals surface area contributed by atoms with Crippen molar-refractivity contribution in [3.63, 3.8) is 0 Å². The van der Waals surface area contributed by atoms with Gasteiger partial charge in [0.05, 0.1) is 16.7 Å². The van der Waals surface area contributed by atoms with Gasteiger partial charge in [0.25, 0.3) is 0 Å². The number of hydrogen-bond acceptors (Lipinski definition) is 4. The monoisotopic (exact) mass is 287 g/mol. The van der Waals surface area contributed by atoms with Gasteiger partial charge in [-0.3, -0.25) is 4.98 Å². The van der Waals surface area contributed by atoms with E-state index < -0.39 is 17.9 Å². The minimum absolute atomic E-state index is 0.0954. The van der Waals surface area contributed by atoms with Crippen molar-refractivity contribution in [3.05, 3.63) is 53.3 Å². The number of rotatable bonds is 4. The van der Waals surface area contributed by atoms with Gasteiger partial charge in [0.1, 0.15) is 0 Å². The Morgan fingerprint density at radius 2 is 1.48 bits per heavy atom. The van der Waals surface area contributed by atoms with E-state index in [2.05, 4.69) is 4.98 Å². The molecule has 0 unspecified atom stereocenters. The number of nitrogens with zero attached hydrogens (tertiary/aromatic N) is 1. The Morgan fingerprint density at radius 3 is 2.05 bits per heavy atom. The van der Waals surface area contributed by atoms with Crippen molar-refractivity contribution in [1.29, 1.82) is 0 Å². The van der Waals surface area contributed by atoms with Crippen LogP contribution in [0.15, 0.2) is 36.7 Å². The highest BCUT2D eigenvalue weighted by Crippen LogP contribution is 2.27. The first-order chi connectivity index (χ1) is 9.91. The fourth-order valence-corrected chi connectivity index (χ4v) is 1.88. The van der Waals surface area contributed by atoms with Crippen LogP contribution in [-0.2, 0) is 0 Å². The lowest BCUT2D eigenvalue weighted by molar-refractivity contribution is 0.0680. The molecule has 1 aromatic heterocycles. The smallest absolute Gasteiger partial charge is 0.336 e. The number of carboxylic acids is 3. The normalized spacial score (nSPS) is 10.1. The van der Waals surface area contributed by atoms with E-state index in [0.29, 0.717) is 0 Å². The predicted octanol–water partition coefficient (Wildman–Crippen LogP) is 1.84. The van der Waals surface area contributed by atoms with Crippen molar-refractivity contribution in [1.82, 2.24) is 4.98 Å². The zero-order valence-electron chi connectivity index (χ0n) is 10.5. The second-order valence-corrected chi connectivity index (χ2v) is 4.10. The highest BCUT2D eigenvalue weighted by atomic mass is 16.4. The van der Waals surface area contributed by atoms with Crippen LogP contribution in [-0.4, -0.2) is 38.2 Å². The summed E-state index contributed by atoms with van der Waals surface area (Å²) in [7, 11) is 0. The van der Waals surface area contributed by atoms with Gasteiger partial charge in [0.2, 0.25) is 0 Å². The van der Waals surface area contributed by atoms with Crippen LogP contribution < -0.4 is 0 Å². The van der Waals surface area contributed by atoms with Gasteiger partial charge < -0.3 is 15.3 Å². The van der Waals surface area contributed by atoms with Crippen molar-refractivity contribution in [2.75, 3.05) is 0 Å². The quantitative estimate of drug-likeness (QED) is 0.783. The Morgan fingerprint density at radius 1 is 0.810 bits per heavy atom. The number of carbonyl (C=O) groups is 3. The molecule has 0 amide bonds. The van der Waals surface area contributed by atoms with Gasteiger partial charge >= 0.3 is 17.9 Å². The van der Waals surface area contributed by atoms with Crippen LogP contribution >= 0.6 is 0 Å². The number of carboxylic acid groups (broad SMARTS) is 3. The Balaban J connectivity index is 2.72. The summed E-state index contributed by atoms with van der Waals surface area (Å²) in [6.07, 6.45) is 2.50. The molecule has 0 radical (unpaired) electrons. The molecular weight excluding hydrogens is 278 g/mol. The second kappa shape index (κ2) is 5.41. The summed E-state index contributed by atoms with van der Waals surface area (Å²) in [5, 5.41) is 27.2. The number of pyridine rings is 1. The van der Waals surface area contributed by atoms with Crippen LogP contribution in [0, 0.1) is 0 Å². The summed E-state index contributed by atoms with van der Waals surface area (Å²) in [5.41, 5.74) is -0.407. The molecular formula is C14H9NO6. The van der Waals surface area contributed by atoms with Crippen LogP contribution in [0.1, 0.15) is 31.1 Å². The van der Waals surface area contributed by atoms with Gasteiger partial charge in [-0.05, 0) is 23.8 Å². The Hall–Kier alpha value is -3.22. The van der Waals surface area contributed by atoms with Crippen molar-refractivity contribution in [2.45, 2.75) is 0 Å². The Labute approximate surface area is 118 Å². The first-order valence-corrected chi connectivity index (χ1v) is 5.70. The predicted molar refractivity (Wildman–Crippen MR) is 70.6 cm³/mol. The van der Waals surface area contributed by atoms with Crippen molar-refractivity contribution < 1.29 is 29.7 Å². The van der Waals surface area contributed by atoms with Gasteiger partial charge in [0.15, 0.2) is 0 Å². The molecule has 7 heteroatoms. The maximum absolute atomic E-state index is 11.3. The molecule has 0 atom stereocenters. The molecule has 0 fully saturated rings. The maximum atomic E-state index is 11.3. The molecule has 106 valence electrons. The van der Waals surface area contributed by atoms with E-state index in [1.54, 1.807) is 0 Å². The first-order valence-electron chi connectivity index (χ1n) is 5.70. The average molecular weight is 287 g/mol. The zero-order valence-corrected chi connectivity index (χ0v) is 10.5. The summed E-state index contributed by atoms with van der Waals surface area (Å²) in [5.74, 6) is -3.85. The summed E-state index contributed by atoms with van der Waals surface area (Å²) < 4.78 is 0. The SMILES string of the molecule is O=C(O)c1ccc(-c2cnccc2C(=O)O)c(C(=O)O)c1. The number of aromatic nitrogens is 1. The number of hydrogen-bond donors (Lipinski definition) is 3. The molecule has 3 N–H and O–H groups in total. The minimum Gasteiger partial charge on any atom is -0.478 e. The molecule has 1 heterocycles. The van der Waals surface area contributed by atoms with E-state index in [4.69, 9.17) is 10.2 Å². The summed E-state index contributed by atoms with van der Waals surface area (Å²) >= 11 is 0. The first kappa shape index (κ1) is 14.2. The topological polar surface area (TPSA) is 125 Å². The van der Waals surface area contributed by atoms with Gasteiger partial charge in [-0.1, -0.05) is 6.07 Å². The molecule has 7 nitrogen and oxygen atoms in total. The molecule has 0 bridgehead atoms. The van der Waals surface area contributed by atoms with Crippen LogP contribution in [0.4, 0.5) is 0 Å². The lowest BCUT2D eigenvalue weighted by atomic mass is 9.95. The third kappa shape index (κ3) is 2.71. The van der Waals surface area contributed by atoms with Crippen molar-refractivity contribution in [2.24, 2.45) is 0 Å². The second-order valence-electron chi connectivity index (χ2n) is 4.10. The van der Waals surface area contributed by atoms with Gasteiger partial charge in [0, 0.05) is 18.0 Å². The van der Waals surface area contributed by atoms with E-state index in [9.17, 15) is 19.5 Å². The molecule has 0 saturated heterocycles. The maximum Gasteiger partial charge on any atom is 0.336 e. The summed E-state index contributed by atoms with van der Waals surface area (Å²) in [4.78, 5) is 37.2.